The lowest BCUT2D eigenvalue weighted by atomic mass is 10.1. The van der Waals surface area contributed by atoms with E-state index in [0.717, 1.165) is 29.8 Å². The van der Waals surface area contributed by atoms with Gasteiger partial charge in [-0.05, 0) is 6.42 Å². The van der Waals surface area contributed by atoms with E-state index < -0.39 is 5.79 Å². The second-order valence-electron chi connectivity index (χ2n) is 3.34. The minimum atomic E-state index is -0.716. The molecule has 64 valence electrons. The van der Waals surface area contributed by atoms with Crippen molar-refractivity contribution in [1.29, 1.82) is 0 Å². The van der Waals surface area contributed by atoms with Gasteiger partial charge in [-0.3, -0.25) is 0 Å². The molecule has 0 aromatic heterocycles. The molecule has 0 amide bonds. The molecule has 1 N–H and O–H groups in total. The maximum atomic E-state index is 9.76. The average Bonchev–Trinajstić information content (AvgIpc) is 2.73. The van der Waals surface area contributed by atoms with E-state index >= 15 is 0 Å². The number of hydrogen-bond acceptors (Lipinski definition) is 2. The number of aliphatic hydroxyl groups is 1. The van der Waals surface area contributed by atoms with Gasteiger partial charge in [-0.1, -0.05) is 0 Å². The van der Waals surface area contributed by atoms with Crippen LogP contribution in [0.3, 0.4) is 0 Å². The van der Waals surface area contributed by atoms with Gasteiger partial charge in [0.15, 0.2) is 14.1 Å². The van der Waals surface area contributed by atoms with Gasteiger partial charge in [-0.15, -0.1) is 0 Å². The quantitative estimate of drug-likeness (QED) is 0.463. The van der Waals surface area contributed by atoms with Crippen molar-refractivity contribution in [2.45, 2.75) is 35.4 Å². The molecular formula is C8H14IO2+. The Kier molecular flexibility index (Phi) is 2.39. The highest BCUT2D eigenvalue weighted by atomic mass is 127. The Morgan fingerprint density at radius 3 is 3.00 bits per heavy atom. The van der Waals surface area contributed by atoms with Crippen molar-refractivity contribution in [2.75, 3.05) is 11.0 Å². The molecular weight excluding hydrogens is 255 g/mol. The van der Waals surface area contributed by atoms with Crippen LogP contribution in [0.25, 0.3) is 0 Å². The molecule has 2 nitrogen and oxygen atoms in total. The number of halogens is 1. The summed E-state index contributed by atoms with van der Waals surface area (Å²) in [6.07, 6.45) is 4.00. The summed E-state index contributed by atoms with van der Waals surface area (Å²) in [6, 6.07) is 0. The first-order chi connectivity index (χ1) is 5.29. The van der Waals surface area contributed by atoms with E-state index in [1.807, 2.05) is 0 Å². The zero-order valence-corrected chi connectivity index (χ0v) is 8.71. The van der Waals surface area contributed by atoms with E-state index in [-0.39, 0.29) is 0 Å². The van der Waals surface area contributed by atoms with Gasteiger partial charge in [0.25, 0.3) is 21.2 Å². The number of ether oxygens (including phenoxy) is 1. The van der Waals surface area contributed by atoms with Gasteiger partial charge in [0.2, 0.25) is 0 Å². The van der Waals surface area contributed by atoms with Crippen LogP contribution < -0.4 is 21.2 Å². The smallest absolute Gasteiger partial charge is 0.281 e. The summed E-state index contributed by atoms with van der Waals surface area (Å²) >= 11 is 0.562. The summed E-state index contributed by atoms with van der Waals surface area (Å²) in [5.41, 5.74) is 0. The Labute approximate surface area is 77.6 Å². The summed E-state index contributed by atoms with van der Waals surface area (Å²) in [5, 5.41) is 9.76. The van der Waals surface area contributed by atoms with Crippen LogP contribution in [0.5, 0.6) is 0 Å². The van der Waals surface area contributed by atoms with Crippen molar-refractivity contribution in [3.05, 3.63) is 0 Å². The largest absolute Gasteiger partial charge is 0.365 e. The highest BCUT2D eigenvalue weighted by Gasteiger charge is 2.45. The van der Waals surface area contributed by atoms with E-state index in [1.165, 1.54) is 10.8 Å². The maximum absolute atomic E-state index is 9.76. The third kappa shape index (κ3) is 2.29. The predicted molar refractivity (Wildman–Crippen MR) is 38.0 cm³/mol. The molecule has 0 saturated carbocycles. The van der Waals surface area contributed by atoms with Crippen LogP contribution in [0.1, 0.15) is 25.7 Å². The predicted octanol–water partition coefficient (Wildman–Crippen LogP) is -2.26. The molecule has 2 atom stereocenters. The summed E-state index contributed by atoms with van der Waals surface area (Å²) in [4.78, 5) is 0. The normalized spacial score (nSPS) is 42.8. The molecule has 0 aromatic carbocycles. The van der Waals surface area contributed by atoms with Crippen LogP contribution in [0.2, 0.25) is 0 Å². The standard InChI is InChI=1S/C8H14IO2/c10-8(3-1-5-11-8)4-2-7-6-9-7/h7,10H,1-6H2/q+1. The Balaban J connectivity index is 1.73. The Bertz CT molecular complexity index is 139. The zero-order valence-electron chi connectivity index (χ0n) is 6.55. The number of alkyl halides is 2. The lowest BCUT2D eigenvalue weighted by Crippen LogP contribution is -3.48. The van der Waals surface area contributed by atoms with Gasteiger partial charge in [0.05, 0.1) is 6.61 Å². The van der Waals surface area contributed by atoms with Gasteiger partial charge in [0.1, 0.15) is 0 Å². The molecule has 0 aliphatic carbocycles. The molecule has 2 aliphatic rings. The number of hydrogen-bond donors (Lipinski definition) is 1. The van der Waals surface area contributed by atoms with E-state index in [0.29, 0.717) is 21.2 Å². The fourth-order valence-electron chi connectivity index (χ4n) is 1.48. The summed E-state index contributed by atoms with van der Waals surface area (Å²) in [7, 11) is 0. The monoisotopic (exact) mass is 269 g/mol. The van der Waals surface area contributed by atoms with Crippen molar-refractivity contribution >= 4 is 0 Å². The van der Waals surface area contributed by atoms with Crippen LogP contribution in [0.15, 0.2) is 0 Å². The third-order valence-corrected chi connectivity index (χ3v) is 5.05. The second-order valence-corrected chi connectivity index (χ2v) is 6.87. The summed E-state index contributed by atoms with van der Waals surface area (Å²) in [6.45, 7) is 0.760. The molecule has 11 heavy (non-hydrogen) atoms. The molecule has 2 fully saturated rings. The van der Waals surface area contributed by atoms with Crippen LogP contribution in [0, 0.1) is 0 Å². The van der Waals surface area contributed by atoms with Gasteiger partial charge in [-0.25, -0.2) is 0 Å². The first-order valence-electron chi connectivity index (χ1n) is 4.23. The minimum absolute atomic E-state index is 0.562. The molecule has 2 heterocycles. The van der Waals surface area contributed by atoms with Gasteiger partial charge in [0, 0.05) is 19.3 Å². The highest BCUT2D eigenvalue weighted by molar-refractivity contribution is 4.75. The fraction of sp³-hybridized carbons (Fsp3) is 1.00. The Morgan fingerprint density at radius 1 is 1.64 bits per heavy atom. The van der Waals surface area contributed by atoms with E-state index in [4.69, 9.17) is 4.74 Å². The topological polar surface area (TPSA) is 29.5 Å². The van der Waals surface area contributed by atoms with Crippen molar-refractivity contribution < 1.29 is 31.0 Å². The van der Waals surface area contributed by atoms with Crippen LogP contribution in [-0.4, -0.2) is 25.9 Å². The van der Waals surface area contributed by atoms with Crippen LogP contribution in [0.4, 0.5) is 0 Å². The fourth-order valence-corrected chi connectivity index (χ4v) is 3.03. The van der Waals surface area contributed by atoms with Gasteiger partial charge >= 0.3 is 0 Å². The Morgan fingerprint density at radius 2 is 2.45 bits per heavy atom. The average molecular weight is 269 g/mol. The van der Waals surface area contributed by atoms with Crippen molar-refractivity contribution in [1.82, 2.24) is 0 Å². The molecule has 2 rings (SSSR count). The van der Waals surface area contributed by atoms with Crippen LogP contribution in [-0.2, 0) is 4.74 Å². The molecule has 2 aliphatic heterocycles. The van der Waals surface area contributed by atoms with Gasteiger partial charge in [-0.2, -0.15) is 0 Å². The first-order valence-corrected chi connectivity index (χ1v) is 7.00. The second kappa shape index (κ2) is 3.18. The molecule has 0 spiro atoms. The lowest BCUT2D eigenvalue weighted by Gasteiger charge is -2.19. The van der Waals surface area contributed by atoms with Crippen LogP contribution >= 0.6 is 0 Å². The third-order valence-electron chi connectivity index (χ3n) is 2.30. The van der Waals surface area contributed by atoms with E-state index in [2.05, 4.69) is 0 Å². The van der Waals surface area contributed by atoms with Crippen molar-refractivity contribution in [2.24, 2.45) is 0 Å². The zero-order chi connectivity index (χ0) is 7.73. The molecule has 0 bridgehead atoms. The molecule has 2 saturated heterocycles. The van der Waals surface area contributed by atoms with Gasteiger partial charge < -0.3 is 9.84 Å². The maximum Gasteiger partial charge on any atom is 0.281 e. The van der Waals surface area contributed by atoms with E-state index in [1.54, 1.807) is 0 Å². The first kappa shape index (κ1) is 8.26. The number of rotatable bonds is 3. The molecule has 3 heteroatoms. The van der Waals surface area contributed by atoms with E-state index in [9.17, 15) is 5.11 Å². The molecule has 2 unspecified atom stereocenters. The van der Waals surface area contributed by atoms with Crippen molar-refractivity contribution in [3.63, 3.8) is 0 Å². The Hall–Kier alpha value is 0.650. The molecule has 0 aromatic rings. The highest BCUT2D eigenvalue weighted by Crippen LogP contribution is 2.27. The summed E-state index contributed by atoms with van der Waals surface area (Å²) in [5.74, 6) is -0.716. The van der Waals surface area contributed by atoms with Crippen molar-refractivity contribution in [3.8, 4) is 0 Å². The lowest BCUT2D eigenvalue weighted by molar-refractivity contribution is -0.497. The minimum Gasteiger partial charge on any atom is -0.365 e. The molecule has 0 radical (unpaired) electrons. The SMILES string of the molecule is OC1(CCC2C[I+]2)CCCO1. The summed E-state index contributed by atoms with van der Waals surface area (Å²) < 4.78 is 7.78.